The number of aromatic nitrogens is 3. The summed E-state index contributed by atoms with van der Waals surface area (Å²) in [6, 6.07) is 2.13. The highest BCUT2D eigenvalue weighted by Crippen LogP contribution is 2.29. The normalized spacial score (nSPS) is 19.3. The predicted molar refractivity (Wildman–Crippen MR) is 87.4 cm³/mol. The molecule has 0 radical (unpaired) electrons. The molecule has 2 aromatic heterocycles. The van der Waals surface area contributed by atoms with Gasteiger partial charge in [0.1, 0.15) is 11.6 Å². The molecule has 0 spiro atoms. The summed E-state index contributed by atoms with van der Waals surface area (Å²) in [5.74, 6) is 1.62. The Morgan fingerprint density at radius 2 is 2.32 bits per heavy atom. The van der Waals surface area contributed by atoms with E-state index in [2.05, 4.69) is 25.2 Å². The average Bonchev–Trinajstić information content (AvgIpc) is 3.00. The summed E-state index contributed by atoms with van der Waals surface area (Å²) in [6.07, 6.45) is 5.16. The summed E-state index contributed by atoms with van der Waals surface area (Å²) >= 11 is 1.55. The van der Waals surface area contributed by atoms with Gasteiger partial charge in [0, 0.05) is 29.9 Å². The van der Waals surface area contributed by atoms with Crippen molar-refractivity contribution in [2.45, 2.75) is 32.2 Å². The molecule has 1 aliphatic heterocycles. The van der Waals surface area contributed by atoms with Crippen LogP contribution in [0.4, 0.5) is 10.9 Å². The number of rotatable bonds is 5. The van der Waals surface area contributed by atoms with Crippen LogP contribution in [0.3, 0.4) is 0 Å². The molecule has 118 valence electrons. The number of anilines is 2. The molecular weight excluding hydrogens is 298 g/mol. The molecule has 1 atom stereocenters. The zero-order valence-corrected chi connectivity index (χ0v) is 13.5. The van der Waals surface area contributed by atoms with E-state index >= 15 is 0 Å². The van der Waals surface area contributed by atoms with E-state index in [9.17, 15) is 5.11 Å². The third-order valence-electron chi connectivity index (χ3n) is 3.84. The second-order valence-corrected chi connectivity index (χ2v) is 6.38. The number of nitrogens with one attached hydrogen (secondary N) is 1. The Labute approximate surface area is 134 Å². The van der Waals surface area contributed by atoms with Crippen molar-refractivity contribution in [3.8, 4) is 0 Å². The standard InChI is InChI=1S/C15H21N5OS/c1-11-10-13(19-15-16-5-9-22-15)18-14(17-11)12-4-2-3-6-20(12)7-8-21/h5,9-10,12,21H,2-4,6-8H2,1H3,(H,16,17,18,19)/t12-/m0/s1. The van der Waals surface area contributed by atoms with Gasteiger partial charge in [-0.15, -0.1) is 11.3 Å². The maximum Gasteiger partial charge on any atom is 0.188 e. The summed E-state index contributed by atoms with van der Waals surface area (Å²) < 4.78 is 0. The van der Waals surface area contributed by atoms with Crippen molar-refractivity contribution < 1.29 is 5.11 Å². The lowest BCUT2D eigenvalue weighted by Gasteiger charge is -2.34. The SMILES string of the molecule is Cc1cc(Nc2nccs2)nc([C@@H]2CCCCN2CCO)n1. The van der Waals surface area contributed by atoms with Crippen LogP contribution in [0.25, 0.3) is 0 Å². The number of nitrogens with zero attached hydrogens (tertiary/aromatic N) is 4. The Bertz CT molecular complexity index is 602. The van der Waals surface area contributed by atoms with E-state index in [-0.39, 0.29) is 12.6 Å². The first-order valence-electron chi connectivity index (χ1n) is 7.63. The molecule has 0 unspecified atom stereocenters. The quantitative estimate of drug-likeness (QED) is 0.882. The topological polar surface area (TPSA) is 74.2 Å². The van der Waals surface area contributed by atoms with Crippen LogP contribution in [0.2, 0.25) is 0 Å². The summed E-state index contributed by atoms with van der Waals surface area (Å²) in [4.78, 5) is 15.8. The largest absolute Gasteiger partial charge is 0.395 e. The van der Waals surface area contributed by atoms with Gasteiger partial charge >= 0.3 is 0 Å². The van der Waals surface area contributed by atoms with Crippen LogP contribution in [0.5, 0.6) is 0 Å². The molecule has 0 aliphatic carbocycles. The zero-order chi connectivity index (χ0) is 15.4. The van der Waals surface area contributed by atoms with Crippen molar-refractivity contribution in [3.05, 3.63) is 29.2 Å². The van der Waals surface area contributed by atoms with E-state index in [4.69, 9.17) is 0 Å². The minimum Gasteiger partial charge on any atom is -0.395 e. The molecule has 1 saturated heterocycles. The lowest BCUT2D eigenvalue weighted by molar-refractivity contribution is 0.112. The lowest BCUT2D eigenvalue weighted by atomic mass is 10.0. The highest BCUT2D eigenvalue weighted by molar-refractivity contribution is 7.13. The summed E-state index contributed by atoms with van der Waals surface area (Å²) in [5, 5.41) is 15.3. The molecule has 0 amide bonds. The van der Waals surface area contributed by atoms with Crippen LogP contribution in [0.15, 0.2) is 17.6 Å². The first-order valence-corrected chi connectivity index (χ1v) is 8.51. The Morgan fingerprint density at radius 1 is 1.41 bits per heavy atom. The highest BCUT2D eigenvalue weighted by Gasteiger charge is 2.26. The molecule has 3 heterocycles. The van der Waals surface area contributed by atoms with Crippen molar-refractivity contribution in [1.82, 2.24) is 19.9 Å². The number of aliphatic hydroxyl groups excluding tert-OH is 1. The highest BCUT2D eigenvalue weighted by atomic mass is 32.1. The number of hydrogen-bond acceptors (Lipinski definition) is 7. The third-order valence-corrected chi connectivity index (χ3v) is 4.53. The molecule has 1 aliphatic rings. The van der Waals surface area contributed by atoms with Crippen molar-refractivity contribution in [2.24, 2.45) is 0 Å². The molecule has 1 fully saturated rings. The molecule has 0 saturated carbocycles. The third kappa shape index (κ3) is 3.60. The van der Waals surface area contributed by atoms with Gasteiger partial charge in [-0.25, -0.2) is 15.0 Å². The maximum atomic E-state index is 9.26. The smallest absolute Gasteiger partial charge is 0.188 e. The summed E-state index contributed by atoms with van der Waals surface area (Å²) in [5.41, 5.74) is 0.943. The van der Waals surface area contributed by atoms with Gasteiger partial charge in [0.2, 0.25) is 0 Å². The Morgan fingerprint density at radius 3 is 3.09 bits per heavy atom. The summed E-state index contributed by atoms with van der Waals surface area (Å²) in [7, 11) is 0. The van der Waals surface area contributed by atoms with Crippen molar-refractivity contribution in [3.63, 3.8) is 0 Å². The molecule has 6 nitrogen and oxygen atoms in total. The second kappa shape index (κ2) is 7.13. The minimum atomic E-state index is 0.173. The Hall–Kier alpha value is -1.57. The predicted octanol–water partition coefficient (Wildman–Crippen LogP) is 2.50. The molecule has 3 rings (SSSR count). The van der Waals surface area contributed by atoms with Crippen LogP contribution >= 0.6 is 11.3 Å². The van der Waals surface area contributed by atoms with E-state index in [1.807, 2.05) is 18.4 Å². The molecular formula is C15H21N5OS. The van der Waals surface area contributed by atoms with Crippen LogP contribution in [-0.2, 0) is 0 Å². The lowest BCUT2D eigenvalue weighted by Crippen LogP contribution is -2.36. The van der Waals surface area contributed by atoms with Gasteiger partial charge < -0.3 is 10.4 Å². The van der Waals surface area contributed by atoms with Gasteiger partial charge in [-0.05, 0) is 26.3 Å². The minimum absolute atomic E-state index is 0.173. The number of thiazole rings is 1. The van der Waals surface area contributed by atoms with Crippen LogP contribution in [0.1, 0.15) is 36.8 Å². The number of β-amino-alcohol motifs (C(OH)–C–C–N with tert-alkyl or cyclic N) is 1. The van der Waals surface area contributed by atoms with Crippen LogP contribution in [0, 0.1) is 6.92 Å². The molecule has 7 heteroatoms. The molecule has 0 aromatic carbocycles. The number of aryl methyl sites for hydroxylation is 1. The van der Waals surface area contributed by atoms with E-state index in [1.165, 1.54) is 12.8 Å². The van der Waals surface area contributed by atoms with E-state index in [0.29, 0.717) is 6.54 Å². The van der Waals surface area contributed by atoms with Gasteiger partial charge in [0.05, 0.1) is 12.6 Å². The number of likely N-dealkylation sites (tertiary alicyclic amines) is 1. The van der Waals surface area contributed by atoms with E-state index in [0.717, 1.165) is 35.4 Å². The van der Waals surface area contributed by atoms with Crippen molar-refractivity contribution in [2.75, 3.05) is 25.0 Å². The zero-order valence-electron chi connectivity index (χ0n) is 12.7. The van der Waals surface area contributed by atoms with E-state index in [1.54, 1.807) is 17.5 Å². The fourth-order valence-corrected chi connectivity index (χ4v) is 3.41. The van der Waals surface area contributed by atoms with Crippen LogP contribution in [-0.4, -0.2) is 44.7 Å². The van der Waals surface area contributed by atoms with Gasteiger partial charge in [-0.3, -0.25) is 4.90 Å². The first kappa shape index (κ1) is 15.3. The fourth-order valence-electron chi connectivity index (χ4n) is 2.88. The van der Waals surface area contributed by atoms with Gasteiger partial charge in [-0.1, -0.05) is 6.42 Å². The van der Waals surface area contributed by atoms with Crippen LogP contribution < -0.4 is 5.32 Å². The Kier molecular flexibility index (Phi) is 4.97. The second-order valence-electron chi connectivity index (χ2n) is 5.49. The summed E-state index contributed by atoms with van der Waals surface area (Å²) in [6.45, 7) is 3.83. The van der Waals surface area contributed by atoms with E-state index < -0.39 is 0 Å². The number of aliphatic hydroxyl groups is 1. The van der Waals surface area contributed by atoms with Crippen molar-refractivity contribution >= 4 is 22.3 Å². The van der Waals surface area contributed by atoms with Crippen molar-refractivity contribution in [1.29, 1.82) is 0 Å². The average molecular weight is 319 g/mol. The fraction of sp³-hybridized carbons (Fsp3) is 0.533. The monoisotopic (exact) mass is 319 g/mol. The molecule has 0 bridgehead atoms. The number of hydrogen-bond donors (Lipinski definition) is 2. The van der Waals surface area contributed by atoms with Gasteiger partial charge in [0.15, 0.2) is 5.13 Å². The van der Waals surface area contributed by atoms with Gasteiger partial charge in [0.25, 0.3) is 0 Å². The number of piperidine rings is 1. The molecule has 2 aromatic rings. The maximum absolute atomic E-state index is 9.26. The first-order chi connectivity index (χ1) is 10.8. The Balaban J connectivity index is 1.84. The molecule has 2 N–H and O–H groups in total. The molecule has 22 heavy (non-hydrogen) atoms. The van der Waals surface area contributed by atoms with Gasteiger partial charge in [-0.2, -0.15) is 0 Å².